The number of amides is 1. The fourth-order valence-electron chi connectivity index (χ4n) is 5.52. The lowest BCUT2D eigenvalue weighted by Gasteiger charge is -2.62. The molecule has 6 heteroatoms. The van der Waals surface area contributed by atoms with Crippen molar-refractivity contribution in [1.82, 2.24) is 20.7 Å². The number of aromatic nitrogens is 3. The van der Waals surface area contributed by atoms with E-state index in [1.54, 1.807) is 0 Å². The van der Waals surface area contributed by atoms with Gasteiger partial charge in [-0.3, -0.25) is 9.89 Å². The van der Waals surface area contributed by atoms with Gasteiger partial charge in [0.15, 0.2) is 5.69 Å². The third kappa shape index (κ3) is 3.40. The second-order valence-corrected chi connectivity index (χ2v) is 9.48. The highest BCUT2D eigenvalue weighted by atomic mass is 16.5. The zero-order valence-corrected chi connectivity index (χ0v) is 18.1. The third-order valence-electron chi connectivity index (χ3n) is 7.56. The summed E-state index contributed by atoms with van der Waals surface area (Å²) in [6, 6.07) is 17.3. The molecule has 3 saturated carbocycles. The molecular formula is C25H28N4O2. The van der Waals surface area contributed by atoms with Gasteiger partial charge in [0.05, 0.1) is 0 Å². The van der Waals surface area contributed by atoms with E-state index >= 15 is 0 Å². The Kier molecular flexibility index (Phi) is 4.80. The summed E-state index contributed by atoms with van der Waals surface area (Å²) >= 11 is 0. The fourth-order valence-corrected chi connectivity index (χ4v) is 5.52. The van der Waals surface area contributed by atoms with E-state index in [9.17, 15) is 4.79 Å². The predicted molar refractivity (Wildman–Crippen MR) is 119 cm³/mol. The lowest BCUT2D eigenvalue weighted by Crippen LogP contribution is -2.60. The molecule has 1 heterocycles. The van der Waals surface area contributed by atoms with Crippen LogP contribution in [0.1, 0.15) is 44.1 Å². The van der Waals surface area contributed by atoms with Crippen molar-refractivity contribution in [3.05, 3.63) is 60.3 Å². The monoisotopic (exact) mass is 416 g/mol. The van der Waals surface area contributed by atoms with Crippen molar-refractivity contribution in [2.24, 2.45) is 23.2 Å². The van der Waals surface area contributed by atoms with Crippen LogP contribution in [0.25, 0.3) is 11.3 Å². The van der Waals surface area contributed by atoms with E-state index in [2.05, 4.69) is 41.5 Å². The normalized spacial score (nSPS) is 26.0. The molecule has 160 valence electrons. The summed E-state index contributed by atoms with van der Waals surface area (Å²) in [7, 11) is 0. The molecule has 0 unspecified atom stereocenters. The summed E-state index contributed by atoms with van der Waals surface area (Å²) in [5.41, 5.74) is 1.98. The second kappa shape index (κ2) is 7.52. The largest absolute Gasteiger partial charge is 0.457 e. The number of nitrogens with zero attached hydrogens (tertiary/aromatic N) is 2. The van der Waals surface area contributed by atoms with Crippen LogP contribution in [0, 0.1) is 23.2 Å². The van der Waals surface area contributed by atoms with Crippen LogP contribution in [0.5, 0.6) is 11.5 Å². The van der Waals surface area contributed by atoms with Crippen molar-refractivity contribution >= 4 is 5.91 Å². The van der Waals surface area contributed by atoms with Crippen LogP contribution in [0.15, 0.2) is 54.6 Å². The number of carbonyl (C=O) groups excluding carboxylic acids is 1. The third-order valence-corrected chi connectivity index (χ3v) is 7.56. The van der Waals surface area contributed by atoms with Gasteiger partial charge in [0, 0.05) is 11.6 Å². The van der Waals surface area contributed by atoms with E-state index in [1.165, 1.54) is 6.42 Å². The van der Waals surface area contributed by atoms with Crippen LogP contribution < -0.4 is 10.1 Å². The average molecular weight is 417 g/mol. The molecule has 6 rings (SSSR count). The van der Waals surface area contributed by atoms with Gasteiger partial charge in [0.25, 0.3) is 5.91 Å². The van der Waals surface area contributed by atoms with Crippen molar-refractivity contribution < 1.29 is 9.53 Å². The fraction of sp³-hybridized carbons (Fsp3) is 0.400. The van der Waals surface area contributed by atoms with Crippen LogP contribution in [-0.4, -0.2) is 27.4 Å². The predicted octanol–water partition coefficient (Wildman–Crippen LogP) is 5.06. The molecule has 0 saturated heterocycles. The van der Waals surface area contributed by atoms with E-state index in [1.807, 2.05) is 54.6 Å². The summed E-state index contributed by atoms with van der Waals surface area (Å²) in [6.45, 7) is 6.99. The number of fused-ring (bicyclic) bond motifs is 2. The molecular weight excluding hydrogens is 388 g/mol. The van der Waals surface area contributed by atoms with Crippen molar-refractivity contribution in [2.45, 2.75) is 39.7 Å². The maximum atomic E-state index is 13.2. The molecule has 0 aliphatic heterocycles. The highest BCUT2D eigenvalue weighted by molar-refractivity contribution is 5.98. The number of hydrogen-bond acceptors (Lipinski definition) is 4. The number of aromatic amines is 1. The number of rotatable bonds is 5. The maximum Gasteiger partial charge on any atom is 0.271 e. The van der Waals surface area contributed by atoms with Crippen LogP contribution in [-0.2, 0) is 0 Å². The minimum atomic E-state index is -0.162. The molecule has 2 N–H and O–H groups in total. The first kappa shape index (κ1) is 19.8. The van der Waals surface area contributed by atoms with E-state index in [4.69, 9.17) is 4.74 Å². The Hall–Kier alpha value is -3.15. The lowest BCUT2D eigenvalue weighted by atomic mass is 9.45. The number of ether oxygens (including phenoxy) is 1. The maximum absolute atomic E-state index is 13.2. The highest BCUT2D eigenvalue weighted by Crippen LogP contribution is 2.61. The number of benzene rings is 2. The number of para-hydroxylation sites is 2. The van der Waals surface area contributed by atoms with Gasteiger partial charge in [-0.2, -0.15) is 0 Å². The summed E-state index contributed by atoms with van der Waals surface area (Å²) < 4.78 is 6.06. The number of nitrogens with one attached hydrogen (secondary N) is 2. The van der Waals surface area contributed by atoms with Crippen LogP contribution in [0.4, 0.5) is 0 Å². The molecule has 3 aliphatic carbocycles. The van der Waals surface area contributed by atoms with Gasteiger partial charge in [0.1, 0.15) is 17.2 Å². The minimum Gasteiger partial charge on any atom is -0.457 e. The molecule has 0 spiro atoms. The van der Waals surface area contributed by atoms with Crippen molar-refractivity contribution in [3.63, 3.8) is 0 Å². The first-order chi connectivity index (χ1) is 14.9. The van der Waals surface area contributed by atoms with Crippen molar-refractivity contribution in [3.8, 4) is 22.8 Å². The molecule has 3 fully saturated rings. The van der Waals surface area contributed by atoms with Gasteiger partial charge in [-0.1, -0.05) is 56.3 Å². The van der Waals surface area contributed by atoms with Gasteiger partial charge in [0.2, 0.25) is 0 Å². The minimum absolute atomic E-state index is 0.162. The SMILES string of the molecule is C[C@@H]1[C@H]2C[C@@H](C[C@H]1NC(=O)c1[nH]nnc1-c1ccccc1Oc1ccccc1)C2(C)C. The Balaban J connectivity index is 1.38. The van der Waals surface area contributed by atoms with Crippen LogP contribution in [0.2, 0.25) is 0 Å². The molecule has 2 bridgehead atoms. The molecule has 4 atom stereocenters. The lowest BCUT2D eigenvalue weighted by molar-refractivity contribution is -0.113. The Morgan fingerprint density at radius 3 is 2.58 bits per heavy atom. The summed E-state index contributed by atoms with van der Waals surface area (Å²) in [6.07, 6.45) is 2.31. The van der Waals surface area contributed by atoms with Crippen LogP contribution >= 0.6 is 0 Å². The molecule has 31 heavy (non-hydrogen) atoms. The van der Waals surface area contributed by atoms with Gasteiger partial charge in [-0.05, 0) is 60.3 Å². The van der Waals surface area contributed by atoms with Gasteiger partial charge in [-0.15, -0.1) is 5.10 Å². The molecule has 6 nitrogen and oxygen atoms in total. The van der Waals surface area contributed by atoms with E-state index in [0.717, 1.165) is 17.7 Å². The number of hydrogen-bond donors (Lipinski definition) is 2. The Morgan fingerprint density at radius 1 is 1.10 bits per heavy atom. The number of H-pyrrole nitrogens is 1. The van der Waals surface area contributed by atoms with Gasteiger partial charge in [-0.25, -0.2) is 0 Å². The van der Waals surface area contributed by atoms with Gasteiger partial charge < -0.3 is 10.1 Å². The van der Waals surface area contributed by atoms with E-state index < -0.39 is 0 Å². The zero-order chi connectivity index (χ0) is 21.6. The van der Waals surface area contributed by atoms with E-state index in [0.29, 0.717) is 40.3 Å². The standard InChI is InChI=1S/C25H28N4O2/c1-15-19-13-16(25(19,2)3)14-20(15)26-24(30)23-22(27-29-28-23)18-11-7-8-12-21(18)31-17-9-5-4-6-10-17/h4-12,15-16,19-20H,13-14H2,1-3H3,(H,26,30)(H,27,28,29)/t15-,16+,19-,20-/m1/s1. The number of carbonyl (C=O) groups is 1. The molecule has 2 aromatic carbocycles. The molecule has 3 aliphatic rings. The highest BCUT2D eigenvalue weighted by Gasteiger charge is 2.56. The van der Waals surface area contributed by atoms with Gasteiger partial charge >= 0.3 is 0 Å². The van der Waals surface area contributed by atoms with Crippen molar-refractivity contribution in [2.75, 3.05) is 0 Å². The first-order valence-corrected chi connectivity index (χ1v) is 11.0. The molecule has 0 radical (unpaired) electrons. The summed E-state index contributed by atoms with van der Waals surface area (Å²) in [4.78, 5) is 13.2. The second-order valence-electron chi connectivity index (χ2n) is 9.48. The molecule has 1 aromatic heterocycles. The van der Waals surface area contributed by atoms with Crippen LogP contribution in [0.3, 0.4) is 0 Å². The quantitative estimate of drug-likeness (QED) is 0.609. The van der Waals surface area contributed by atoms with Crippen molar-refractivity contribution in [1.29, 1.82) is 0 Å². The first-order valence-electron chi connectivity index (χ1n) is 11.0. The molecule has 1 amide bonds. The molecule has 3 aromatic rings. The topological polar surface area (TPSA) is 79.9 Å². The summed E-state index contributed by atoms with van der Waals surface area (Å²) in [5.74, 6) is 2.99. The smallest absolute Gasteiger partial charge is 0.271 e. The van der Waals surface area contributed by atoms with E-state index in [-0.39, 0.29) is 11.9 Å². The Bertz CT molecular complexity index is 1090. The Labute approximate surface area is 182 Å². The average Bonchev–Trinajstić information content (AvgIpc) is 3.26. The Morgan fingerprint density at radius 2 is 1.84 bits per heavy atom. The summed E-state index contributed by atoms with van der Waals surface area (Å²) in [5, 5.41) is 14.2. The zero-order valence-electron chi connectivity index (χ0n) is 18.1.